The number of hydrogen-bond donors (Lipinski definition) is 0. The van der Waals surface area contributed by atoms with E-state index in [0.717, 1.165) is 22.2 Å². The highest BCUT2D eigenvalue weighted by atomic mass is 16.5. The maximum atomic E-state index is 13.8. The second-order valence-electron chi connectivity index (χ2n) is 9.77. The highest BCUT2D eigenvalue weighted by Gasteiger charge is 2.64. The molecule has 4 atom stereocenters. The molecule has 2 aromatic rings. The standard InChI is InChI=1S/C25H27N3O4/c1-25(2,3)22(29)21-18-17(23(30)27(24(18)31)12-13-32-4)16-10-9-15-8-7-14-6-5-11-26-19(14)20(15)28(16)21/h5-11,16-18,21H,12-13H2,1-4H3/t16-,17-,18-,21-/m1/s1. The molecule has 7 heteroatoms. The van der Waals surface area contributed by atoms with Gasteiger partial charge in [0.1, 0.15) is 6.04 Å². The van der Waals surface area contributed by atoms with Crippen LogP contribution in [0, 0.1) is 17.3 Å². The van der Waals surface area contributed by atoms with E-state index in [9.17, 15) is 14.4 Å². The average molecular weight is 434 g/mol. The van der Waals surface area contributed by atoms with Gasteiger partial charge in [0.15, 0.2) is 5.78 Å². The molecule has 0 radical (unpaired) electrons. The molecule has 2 amide bonds. The summed E-state index contributed by atoms with van der Waals surface area (Å²) in [5, 5.41) is 0.957. The summed E-state index contributed by atoms with van der Waals surface area (Å²) in [4.78, 5) is 48.6. The summed E-state index contributed by atoms with van der Waals surface area (Å²) in [5.41, 5.74) is 1.88. The van der Waals surface area contributed by atoms with Gasteiger partial charge in [0.2, 0.25) is 11.8 Å². The summed E-state index contributed by atoms with van der Waals surface area (Å²) >= 11 is 0. The zero-order chi connectivity index (χ0) is 22.8. The number of amides is 2. The Labute approximate surface area is 187 Å². The molecule has 0 N–H and O–H groups in total. The van der Waals surface area contributed by atoms with Gasteiger partial charge in [0.25, 0.3) is 0 Å². The topological polar surface area (TPSA) is 79.8 Å². The quantitative estimate of drug-likeness (QED) is 0.690. The summed E-state index contributed by atoms with van der Waals surface area (Å²) in [5.74, 6) is -1.86. The van der Waals surface area contributed by atoms with Crippen molar-refractivity contribution in [3.63, 3.8) is 0 Å². The first-order valence-electron chi connectivity index (χ1n) is 11.0. The largest absolute Gasteiger partial charge is 0.383 e. The second-order valence-corrected chi connectivity index (χ2v) is 9.77. The lowest BCUT2D eigenvalue weighted by Crippen LogP contribution is -2.51. The van der Waals surface area contributed by atoms with Gasteiger partial charge in [0.05, 0.1) is 42.2 Å². The van der Waals surface area contributed by atoms with Crippen LogP contribution in [0.15, 0.2) is 36.5 Å². The fourth-order valence-corrected chi connectivity index (χ4v) is 5.39. The third-order valence-corrected chi connectivity index (χ3v) is 6.86. The van der Waals surface area contributed by atoms with Crippen molar-refractivity contribution >= 4 is 40.3 Å². The fourth-order valence-electron chi connectivity index (χ4n) is 5.39. The zero-order valence-electron chi connectivity index (χ0n) is 18.7. The van der Waals surface area contributed by atoms with Gasteiger partial charge in [-0.1, -0.05) is 51.1 Å². The molecule has 1 aromatic carbocycles. The highest BCUT2D eigenvalue weighted by molar-refractivity contribution is 6.13. The first kappa shape index (κ1) is 20.8. The Morgan fingerprint density at radius 3 is 2.59 bits per heavy atom. The number of carbonyl (C=O) groups excluding carboxylic acids is 3. The van der Waals surface area contributed by atoms with Crippen molar-refractivity contribution in [2.45, 2.75) is 32.9 Å². The molecule has 2 fully saturated rings. The molecule has 166 valence electrons. The predicted molar refractivity (Wildman–Crippen MR) is 121 cm³/mol. The number of imide groups is 1. The number of likely N-dealkylation sites (tertiary alicyclic amines) is 1. The SMILES string of the molecule is COCCN1C(=O)[C@@H]2[C@H](C1=O)[C@H]1C=Cc3ccc4cccnc4c3N1[C@H]2C(=O)C(C)(C)C. The number of anilines is 1. The van der Waals surface area contributed by atoms with Crippen molar-refractivity contribution in [1.29, 1.82) is 0 Å². The maximum Gasteiger partial charge on any atom is 0.235 e. The molecule has 3 aliphatic rings. The number of ether oxygens (including phenoxy) is 1. The molecule has 5 rings (SSSR count). The number of carbonyl (C=O) groups is 3. The van der Waals surface area contributed by atoms with Gasteiger partial charge < -0.3 is 9.64 Å². The van der Waals surface area contributed by atoms with Crippen LogP contribution in [-0.2, 0) is 19.1 Å². The minimum Gasteiger partial charge on any atom is -0.383 e. The Bertz CT molecular complexity index is 1170. The van der Waals surface area contributed by atoms with E-state index in [2.05, 4.69) is 4.98 Å². The first-order chi connectivity index (χ1) is 15.3. The van der Waals surface area contributed by atoms with Gasteiger partial charge in [0, 0.05) is 24.1 Å². The number of fused-ring (bicyclic) bond motifs is 7. The molecule has 0 aliphatic carbocycles. The predicted octanol–water partition coefficient (Wildman–Crippen LogP) is 2.68. The van der Waals surface area contributed by atoms with E-state index in [-0.39, 0.29) is 36.8 Å². The molecule has 2 saturated heterocycles. The van der Waals surface area contributed by atoms with Gasteiger partial charge in [-0.25, -0.2) is 0 Å². The molecule has 3 aliphatic heterocycles. The molecular formula is C25H27N3O4. The number of methoxy groups -OCH3 is 1. The number of rotatable bonds is 4. The summed E-state index contributed by atoms with van der Waals surface area (Å²) < 4.78 is 5.11. The van der Waals surface area contributed by atoms with E-state index in [4.69, 9.17) is 4.74 Å². The fraction of sp³-hybridized carbons (Fsp3) is 0.440. The molecule has 32 heavy (non-hydrogen) atoms. The second kappa shape index (κ2) is 7.24. The minimum absolute atomic E-state index is 0.0427. The zero-order valence-corrected chi connectivity index (χ0v) is 18.7. The summed E-state index contributed by atoms with van der Waals surface area (Å²) in [6, 6.07) is 6.77. The molecule has 1 aromatic heterocycles. The van der Waals surface area contributed by atoms with Crippen LogP contribution in [-0.4, -0.2) is 59.8 Å². The summed E-state index contributed by atoms with van der Waals surface area (Å²) in [7, 11) is 1.54. The number of ketones is 1. The van der Waals surface area contributed by atoms with Crippen LogP contribution < -0.4 is 4.90 Å². The number of nitrogens with zero attached hydrogens (tertiary/aromatic N) is 3. The smallest absolute Gasteiger partial charge is 0.235 e. The molecule has 0 unspecified atom stereocenters. The monoisotopic (exact) mass is 433 g/mol. The van der Waals surface area contributed by atoms with Crippen LogP contribution in [0.25, 0.3) is 17.0 Å². The lowest BCUT2D eigenvalue weighted by Gasteiger charge is -2.39. The number of aromatic nitrogens is 1. The molecule has 7 nitrogen and oxygen atoms in total. The normalized spacial score (nSPS) is 26.5. The average Bonchev–Trinajstić information content (AvgIpc) is 3.23. The highest BCUT2D eigenvalue weighted by Crippen LogP contribution is 2.51. The van der Waals surface area contributed by atoms with Crippen molar-refractivity contribution in [3.05, 3.63) is 42.1 Å². The van der Waals surface area contributed by atoms with E-state index in [1.165, 1.54) is 4.90 Å². The number of Topliss-reactive ketones (excluding diaryl/α,β-unsaturated/α-hetero) is 1. The van der Waals surface area contributed by atoms with Crippen molar-refractivity contribution in [3.8, 4) is 0 Å². The van der Waals surface area contributed by atoms with Crippen LogP contribution in [0.4, 0.5) is 5.69 Å². The third kappa shape index (κ3) is 2.84. The molecule has 0 bridgehead atoms. The molecule has 4 heterocycles. The Balaban J connectivity index is 1.70. The summed E-state index contributed by atoms with van der Waals surface area (Å²) in [6.07, 6.45) is 5.69. The molecule has 0 spiro atoms. The van der Waals surface area contributed by atoms with Crippen molar-refractivity contribution < 1.29 is 19.1 Å². The van der Waals surface area contributed by atoms with Gasteiger partial charge in [-0.2, -0.15) is 0 Å². The third-order valence-electron chi connectivity index (χ3n) is 6.86. The van der Waals surface area contributed by atoms with Crippen molar-refractivity contribution in [1.82, 2.24) is 9.88 Å². The molecular weight excluding hydrogens is 406 g/mol. The van der Waals surface area contributed by atoms with Crippen LogP contribution >= 0.6 is 0 Å². The Kier molecular flexibility index (Phi) is 4.71. The van der Waals surface area contributed by atoms with Crippen LogP contribution in [0.1, 0.15) is 26.3 Å². The van der Waals surface area contributed by atoms with Crippen LogP contribution in [0.3, 0.4) is 0 Å². The molecule has 0 saturated carbocycles. The Morgan fingerprint density at radius 2 is 1.88 bits per heavy atom. The van der Waals surface area contributed by atoms with E-state index in [1.807, 2.05) is 62.1 Å². The van der Waals surface area contributed by atoms with Gasteiger partial charge >= 0.3 is 0 Å². The Hall–Kier alpha value is -3.06. The number of hydrogen-bond acceptors (Lipinski definition) is 6. The lowest BCUT2D eigenvalue weighted by molar-refractivity contribution is -0.142. The van der Waals surface area contributed by atoms with Crippen LogP contribution in [0.5, 0.6) is 0 Å². The minimum atomic E-state index is -0.731. The van der Waals surface area contributed by atoms with Crippen molar-refractivity contribution in [2.24, 2.45) is 17.3 Å². The van der Waals surface area contributed by atoms with Gasteiger partial charge in [-0.05, 0) is 11.6 Å². The lowest BCUT2D eigenvalue weighted by atomic mass is 9.79. The van der Waals surface area contributed by atoms with Crippen molar-refractivity contribution in [2.75, 3.05) is 25.2 Å². The van der Waals surface area contributed by atoms with E-state index in [0.29, 0.717) is 0 Å². The van der Waals surface area contributed by atoms with E-state index >= 15 is 0 Å². The maximum absolute atomic E-state index is 13.8. The number of benzene rings is 1. The van der Waals surface area contributed by atoms with E-state index < -0.39 is 23.3 Å². The van der Waals surface area contributed by atoms with Gasteiger partial charge in [-0.3, -0.25) is 24.3 Å². The van der Waals surface area contributed by atoms with Gasteiger partial charge in [-0.15, -0.1) is 0 Å². The number of pyridine rings is 1. The first-order valence-corrected chi connectivity index (χ1v) is 11.0. The Morgan fingerprint density at radius 1 is 1.12 bits per heavy atom. The summed E-state index contributed by atoms with van der Waals surface area (Å²) in [6.45, 7) is 6.07. The van der Waals surface area contributed by atoms with E-state index in [1.54, 1.807) is 13.3 Å². The van der Waals surface area contributed by atoms with Crippen LogP contribution in [0.2, 0.25) is 0 Å².